The topological polar surface area (TPSA) is 154 Å². The maximum absolute atomic E-state index is 13.7. The molecule has 0 spiro atoms. The molecule has 2 aromatic heterocycles. The van der Waals surface area contributed by atoms with E-state index in [0.29, 0.717) is 0 Å². The van der Waals surface area contributed by atoms with Crippen molar-refractivity contribution in [2.75, 3.05) is 6.61 Å². The number of carbonyl (C=O) groups excluding carboxylic acids is 1. The summed E-state index contributed by atoms with van der Waals surface area (Å²) >= 11 is 3.09. The third kappa shape index (κ3) is 4.50. The minimum Gasteiger partial charge on any atom is -0.481 e. The summed E-state index contributed by atoms with van der Waals surface area (Å²) in [6, 6.07) is 0. The minimum absolute atomic E-state index is 0.0481. The van der Waals surface area contributed by atoms with E-state index in [9.17, 15) is 29.0 Å². The largest absolute Gasteiger partial charge is 0.481 e. The summed E-state index contributed by atoms with van der Waals surface area (Å²) in [6.45, 7) is 0.938. The Labute approximate surface area is 171 Å². The van der Waals surface area contributed by atoms with Crippen LogP contribution in [0.15, 0.2) is 10.9 Å². The van der Waals surface area contributed by atoms with Gasteiger partial charge in [-0.2, -0.15) is 14.4 Å². The molecule has 29 heavy (non-hydrogen) atoms. The van der Waals surface area contributed by atoms with Crippen LogP contribution < -0.4 is 0 Å². The smallest absolute Gasteiger partial charge is 0.311 e. The molecule has 0 radical (unpaired) electrons. The van der Waals surface area contributed by atoms with Crippen LogP contribution in [0.5, 0.6) is 0 Å². The first-order valence-corrected chi connectivity index (χ1v) is 9.24. The van der Waals surface area contributed by atoms with Crippen molar-refractivity contribution in [3.8, 4) is 0 Å². The summed E-state index contributed by atoms with van der Waals surface area (Å²) in [6.07, 6.45) is -2.46. The normalized spacial score (nSPS) is 24.0. The number of hydrogen-bond acceptors (Lipinski definition) is 8. The molecule has 0 amide bonds. The van der Waals surface area contributed by atoms with E-state index in [0.717, 1.165) is 0 Å². The SMILES string of the molecule is CC(=O)OC[C@@H]1O[C@@H](n2cnc3c(Br)nc(F)nc32)[C@@H](CC(=O)O)[C@H]1CC(=O)O. The number of nitrogens with zero attached hydrogens (tertiary/aromatic N) is 4. The number of carboxylic acid groups (broad SMARTS) is 2. The fourth-order valence-corrected chi connectivity index (χ4v) is 3.91. The van der Waals surface area contributed by atoms with Gasteiger partial charge in [-0.15, -0.1) is 0 Å². The van der Waals surface area contributed by atoms with Crippen LogP contribution in [-0.4, -0.2) is 60.4 Å². The number of hydrogen-bond donors (Lipinski definition) is 2. The first-order chi connectivity index (χ1) is 13.7. The maximum Gasteiger partial charge on any atom is 0.311 e. The molecule has 13 heteroatoms. The molecule has 156 valence electrons. The molecule has 0 bridgehead atoms. The van der Waals surface area contributed by atoms with Crippen molar-refractivity contribution < 1.29 is 38.5 Å². The third-order valence-corrected chi connectivity index (χ3v) is 5.16. The molecule has 1 saturated heterocycles. The number of fused-ring (bicyclic) bond motifs is 1. The number of carboxylic acids is 2. The van der Waals surface area contributed by atoms with Crippen LogP contribution in [0, 0.1) is 17.9 Å². The lowest BCUT2D eigenvalue weighted by molar-refractivity contribution is -0.147. The highest BCUT2D eigenvalue weighted by Gasteiger charge is 2.48. The van der Waals surface area contributed by atoms with Crippen LogP contribution in [-0.2, 0) is 23.9 Å². The van der Waals surface area contributed by atoms with Gasteiger partial charge in [-0.3, -0.25) is 19.0 Å². The molecule has 11 nitrogen and oxygen atoms in total. The van der Waals surface area contributed by atoms with Crippen molar-refractivity contribution in [2.24, 2.45) is 11.8 Å². The van der Waals surface area contributed by atoms with Crippen LogP contribution >= 0.6 is 15.9 Å². The van der Waals surface area contributed by atoms with E-state index in [1.807, 2.05) is 0 Å². The standard InChI is InChI=1S/C16H16BrFN4O7/c1-6(23)28-4-9-7(2-10(24)25)8(3-11(26)27)15(29-9)22-5-19-12-13(17)20-16(18)21-14(12)22/h5,7-9,15H,2-4H2,1H3,(H,24,25)(H,26,27)/t7-,8+,9+,15-/m1/s1. The number of ether oxygens (including phenoxy) is 2. The van der Waals surface area contributed by atoms with E-state index in [4.69, 9.17) is 9.47 Å². The van der Waals surface area contributed by atoms with Crippen molar-refractivity contribution in [1.29, 1.82) is 0 Å². The van der Waals surface area contributed by atoms with Crippen molar-refractivity contribution in [2.45, 2.75) is 32.1 Å². The second kappa shape index (κ2) is 8.37. The van der Waals surface area contributed by atoms with Gasteiger partial charge in [-0.05, 0) is 15.9 Å². The summed E-state index contributed by atoms with van der Waals surface area (Å²) in [4.78, 5) is 45.3. The van der Waals surface area contributed by atoms with E-state index >= 15 is 0 Å². The van der Waals surface area contributed by atoms with Crippen LogP contribution in [0.3, 0.4) is 0 Å². The Morgan fingerprint density at radius 2 is 1.90 bits per heavy atom. The summed E-state index contributed by atoms with van der Waals surface area (Å²) in [5, 5.41) is 18.6. The summed E-state index contributed by atoms with van der Waals surface area (Å²) in [5.41, 5.74) is 0.272. The zero-order chi connectivity index (χ0) is 21.3. The first kappa shape index (κ1) is 21.0. The lowest BCUT2D eigenvalue weighted by atomic mass is 9.84. The molecule has 4 atom stereocenters. The van der Waals surface area contributed by atoms with E-state index in [1.165, 1.54) is 17.8 Å². The van der Waals surface area contributed by atoms with Crippen LogP contribution in [0.4, 0.5) is 4.39 Å². The lowest BCUT2D eigenvalue weighted by Crippen LogP contribution is -2.29. The maximum atomic E-state index is 13.7. The summed E-state index contributed by atoms with van der Waals surface area (Å²) < 4.78 is 26.0. The predicted molar refractivity (Wildman–Crippen MR) is 95.0 cm³/mol. The Kier molecular flexibility index (Phi) is 6.07. The first-order valence-electron chi connectivity index (χ1n) is 8.45. The van der Waals surface area contributed by atoms with E-state index < -0.39 is 61.0 Å². The molecule has 0 unspecified atom stereocenters. The Bertz CT molecular complexity index is 968. The Morgan fingerprint density at radius 1 is 1.24 bits per heavy atom. The zero-order valence-electron chi connectivity index (χ0n) is 15.0. The Hall–Kier alpha value is -2.67. The van der Waals surface area contributed by atoms with Gasteiger partial charge in [0, 0.05) is 18.8 Å². The van der Waals surface area contributed by atoms with Gasteiger partial charge in [0.1, 0.15) is 23.0 Å². The summed E-state index contributed by atoms with van der Waals surface area (Å²) in [7, 11) is 0. The zero-order valence-corrected chi connectivity index (χ0v) is 16.6. The van der Waals surface area contributed by atoms with Gasteiger partial charge in [-0.25, -0.2) is 4.98 Å². The molecule has 1 aliphatic rings. The van der Waals surface area contributed by atoms with Crippen LogP contribution in [0.1, 0.15) is 26.0 Å². The molecule has 3 rings (SSSR count). The molecular weight excluding hydrogens is 459 g/mol. The van der Waals surface area contributed by atoms with Gasteiger partial charge in [0.05, 0.1) is 25.3 Å². The highest BCUT2D eigenvalue weighted by Crippen LogP contribution is 2.44. The van der Waals surface area contributed by atoms with Gasteiger partial charge in [0.15, 0.2) is 5.65 Å². The van der Waals surface area contributed by atoms with E-state index in [2.05, 4.69) is 30.9 Å². The van der Waals surface area contributed by atoms with Gasteiger partial charge in [0.2, 0.25) is 0 Å². The molecule has 1 aliphatic heterocycles. The molecule has 3 heterocycles. The second-order valence-electron chi connectivity index (χ2n) is 6.50. The number of esters is 1. The molecule has 0 saturated carbocycles. The van der Waals surface area contributed by atoms with Crippen molar-refractivity contribution in [3.05, 3.63) is 17.0 Å². The van der Waals surface area contributed by atoms with Gasteiger partial charge in [-0.1, -0.05) is 0 Å². The van der Waals surface area contributed by atoms with Gasteiger partial charge < -0.3 is 19.7 Å². The van der Waals surface area contributed by atoms with Crippen molar-refractivity contribution in [1.82, 2.24) is 19.5 Å². The predicted octanol–water partition coefficient (Wildman–Crippen LogP) is 1.37. The minimum atomic E-state index is -1.17. The molecule has 2 N–H and O–H groups in total. The quantitative estimate of drug-likeness (QED) is 0.341. The van der Waals surface area contributed by atoms with Gasteiger partial charge >= 0.3 is 24.0 Å². The average molecular weight is 475 g/mol. The highest BCUT2D eigenvalue weighted by molar-refractivity contribution is 9.10. The third-order valence-electron chi connectivity index (χ3n) is 4.61. The highest BCUT2D eigenvalue weighted by atomic mass is 79.9. The monoisotopic (exact) mass is 474 g/mol. The molecule has 0 aliphatic carbocycles. The number of imidazole rings is 1. The lowest BCUT2D eigenvalue weighted by Gasteiger charge is -2.22. The van der Waals surface area contributed by atoms with Crippen LogP contribution in [0.25, 0.3) is 11.2 Å². The molecule has 2 aromatic rings. The summed E-state index contributed by atoms with van der Waals surface area (Å²) in [5.74, 6) is -4.51. The Morgan fingerprint density at radius 3 is 2.52 bits per heavy atom. The fraction of sp³-hybridized carbons (Fsp3) is 0.500. The van der Waals surface area contributed by atoms with E-state index in [-0.39, 0.29) is 22.4 Å². The average Bonchev–Trinajstić information content (AvgIpc) is 3.15. The number of halogens is 2. The number of carbonyl (C=O) groups is 3. The van der Waals surface area contributed by atoms with Gasteiger partial charge in [0.25, 0.3) is 0 Å². The van der Waals surface area contributed by atoms with Crippen molar-refractivity contribution in [3.63, 3.8) is 0 Å². The molecule has 1 fully saturated rings. The number of aliphatic carboxylic acids is 2. The second-order valence-corrected chi connectivity index (χ2v) is 7.25. The van der Waals surface area contributed by atoms with Crippen molar-refractivity contribution >= 4 is 45.0 Å². The van der Waals surface area contributed by atoms with Crippen LogP contribution in [0.2, 0.25) is 0 Å². The fourth-order valence-electron chi connectivity index (χ4n) is 3.48. The number of aromatic nitrogens is 4. The number of rotatable bonds is 7. The Balaban J connectivity index is 2.04. The van der Waals surface area contributed by atoms with E-state index in [1.54, 1.807) is 0 Å². The molecular formula is C16H16BrFN4O7. The molecule has 0 aromatic carbocycles.